The Labute approximate surface area is 112 Å². The molecular weight excluding hydrogens is 248 g/mol. The Kier molecular flexibility index (Phi) is 4.83. The van der Waals surface area contributed by atoms with Crippen molar-refractivity contribution in [2.75, 3.05) is 26.2 Å². The van der Waals surface area contributed by atoms with Gasteiger partial charge >= 0.3 is 0 Å². The van der Waals surface area contributed by atoms with E-state index in [-0.39, 0.29) is 4.99 Å². The van der Waals surface area contributed by atoms with E-state index >= 15 is 0 Å². The molecule has 5 nitrogen and oxygen atoms in total. The molecule has 1 fully saturated rings. The molecule has 0 amide bonds. The summed E-state index contributed by atoms with van der Waals surface area (Å²) in [5.74, 6) is 0.432. The highest BCUT2D eigenvalue weighted by molar-refractivity contribution is 7.80. The summed E-state index contributed by atoms with van der Waals surface area (Å²) in [6.45, 7) is 3.82. The van der Waals surface area contributed by atoms with Crippen LogP contribution < -0.4 is 10.5 Å². The number of likely N-dealkylation sites (tertiary alicyclic amines) is 1. The maximum Gasteiger partial charge on any atom is 0.243 e. The number of nitrogens with two attached hydrogens (primary N) is 1. The number of hydrogen-bond donors (Lipinski definition) is 1. The van der Waals surface area contributed by atoms with Gasteiger partial charge in [-0.15, -0.1) is 5.10 Å². The number of thiocarbonyl (C=S) groups is 1. The lowest BCUT2D eigenvalue weighted by Crippen LogP contribution is -2.33. The van der Waals surface area contributed by atoms with E-state index in [1.54, 1.807) is 12.3 Å². The second kappa shape index (κ2) is 6.61. The van der Waals surface area contributed by atoms with Gasteiger partial charge in [-0.2, -0.15) is 5.10 Å². The van der Waals surface area contributed by atoms with Gasteiger partial charge in [0.25, 0.3) is 0 Å². The van der Waals surface area contributed by atoms with Gasteiger partial charge in [-0.3, -0.25) is 4.90 Å². The summed E-state index contributed by atoms with van der Waals surface area (Å²) in [6.07, 6.45) is 5.46. The zero-order valence-electron chi connectivity index (χ0n) is 10.3. The van der Waals surface area contributed by atoms with Gasteiger partial charge in [0.1, 0.15) is 11.6 Å². The molecule has 1 saturated heterocycles. The summed E-state index contributed by atoms with van der Waals surface area (Å²) in [5, 5.41) is 7.71. The molecule has 0 bridgehead atoms. The number of ether oxygens (including phenoxy) is 1. The van der Waals surface area contributed by atoms with E-state index in [0.717, 1.165) is 19.6 Å². The van der Waals surface area contributed by atoms with Gasteiger partial charge in [-0.25, -0.2) is 0 Å². The van der Waals surface area contributed by atoms with Crippen LogP contribution in [-0.2, 0) is 0 Å². The molecule has 0 atom stereocenters. The van der Waals surface area contributed by atoms with Crippen LogP contribution in [0.2, 0.25) is 0 Å². The van der Waals surface area contributed by atoms with Crippen molar-refractivity contribution in [3.8, 4) is 5.88 Å². The van der Waals surface area contributed by atoms with Crippen LogP contribution in [0.4, 0.5) is 0 Å². The molecule has 1 aromatic rings. The minimum atomic E-state index is 0.290. The smallest absolute Gasteiger partial charge is 0.243 e. The fourth-order valence-electron chi connectivity index (χ4n) is 2.07. The lowest BCUT2D eigenvalue weighted by atomic mass is 10.1. The average Bonchev–Trinajstić information content (AvgIpc) is 2.40. The first-order chi connectivity index (χ1) is 8.77. The summed E-state index contributed by atoms with van der Waals surface area (Å²) in [4.78, 5) is 2.69. The zero-order chi connectivity index (χ0) is 12.8. The minimum Gasteiger partial charge on any atom is -0.475 e. The van der Waals surface area contributed by atoms with E-state index in [0.29, 0.717) is 18.1 Å². The molecular formula is C12H18N4OS. The Bertz CT molecular complexity index is 407. The highest BCUT2D eigenvalue weighted by atomic mass is 32.1. The van der Waals surface area contributed by atoms with Gasteiger partial charge in [-0.05, 0) is 32.0 Å². The number of rotatable bonds is 5. The van der Waals surface area contributed by atoms with Crippen molar-refractivity contribution in [3.05, 3.63) is 17.8 Å². The quantitative estimate of drug-likeness (QED) is 0.801. The standard InChI is InChI=1S/C12H18N4OS/c13-11(18)10-4-5-14-15-12(10)17-9-8-16-6-2-1-3-7-16/h4-5H,1-3,6-9H2,(H2,13,18). The van der Waals surface area contributed by atoms with Crippen molar-refractivity contribution in [3.63, 3.8) is 0 Å². The zero-order valence-corrected chi connectivity index (χ0v) is 11.2. The second-order valence-electron chi connectivity index (χ2n) is 4.37. The van der Waals surface area contributed by atoms with Crippen LogP contribution in [0.5, 0.6) is 5.88 Å². The van der Waals surface area contributed by atoms with Crippen LogP contribution in [0.15, 0.2) is 12.3 Å². The van der Waals surface area contributed by atoms with Gasteiger partial charge in [0.05, 0.1) is 11.8 Å². The van der Waals surface area contributed by atoms with Gasteiger partial charge in [0, 0.05) is 6.54 Å². The molecule has 98 valence electrons. The maximum atomic E-state index is 5.62. The van der Waals surface area contributed by atoms with Crippen LogP contribution in [0.25, 0.3) is 0 Å². The highest BCUT2D eigenvalue weighted by Gasteiger charge is 2.11. The lowest BCUT2D eigenvalue weighted by molar-refractivity contribution is 0.179. The molecule has 1 aromatic heterocycles. The van der Waals surface area contributed by atoms with E-state index in [1.807, 2.05) is 0 Å². The van der Waals surface area contributed by atoms with Crippen LogP contribution >= 0.6 is 12.2 Å². The molecule has 0 spiro atoms. The Morgan fingerprint density at radius 1 is 1.39 bits per heavy atom. The Morgan fingerprint density at radius 2 is 2.17 bits per heavy atom. The van der Waals surface area contributed by atoms with Gasteiger partial charge in [0.15, 0.2) is 0 Å². The lowest BCUT2D eigenvalue weighted by Gasteiger charge is -2.26. The van der Waals surface area contributed by atoms with E-state index < -0.39 is 0 Å². The Balaban J connectivity index is 1.84. The van der Waals surface area contributed by atoms with Crippen LogP contribution in [-0.4, -0.2) is 46.3 Å². The number of aromatic nitrogens is 2. The summed E-state index contributed by atoms with van der Waals surface area (Å²) in [5.41, 5.74) is 6.25. The summed E-state index contributed by atoms with van der Waals surface area (Å²) in [7, 11) is 0. The van der Waals surface area contributed by atoms with Gasteiger partial charge in [-0.1, -0.05) is 18.6 Å². The molecule has 18 heavy (non-hydrogen) atoms. The first kappa shape index (κ1) is 13.2. The fourth-order valence-corrected chi connectivity index (χ4v) is 2.22. The first-order valence-corrected chi connectivity index (χ1v) is 6.65. The number of nitrogens with zero attached hydrogens (tertiary/aromatic N) is 3. The third kappa shape index (κ3) is 3.61. The van der Waals surface area contributed by atoms with Crippen molar-refractivity contribution in [2.45, 2.75) is 19.3 Å². The second-order valence-corrected chi connectivity index (χ2v) is 4.80. The molecule has 0 radical (unpaired) electrons. The average molecular weight is 266 g/mol. The molecule has 2 heterocycles. The summed E-state index contributed by atoms with van der Waals surface area (Å²) in [6, 6.07) is 1.73. The van der Waals surface area contributed by atoms with E-state index in [2.05, 4.69) is 15.1 Å². The fraction of sp³-hybridized carbons (Fsp3) is 0.583. The molecule has 0 saturated carbocycles. The summed E-state index contributed by atoms with van der Waals surface area (Å²) >= 11 is 4.94. The molecule has 1 aliphatic rings. The van der Waals surface area contributed by atoms with Crippen molar-refractivity contribution in [2.24, 2.45) is 5.73 Å². The van der Waals surface area contributed by atoms with Crippen LogP contribution in [0, 0.1) is 0 Å². The van der Waals surface area contributed by atoms with Crippen molar-refractivity contribution < 1.29 is 4.74 Å². The van der Waals surface area contributed by atoms with Gasteiger partial charge < -0.3 is 10.5 Å². The predicted octanol–water partition coefficient (Wildman–Crippen LogP) is 0.975. The largest absolute Gasteiger partial charge is 0.475 e. The highest BCUT2D eigenvalue weighted by Crippen LogP contribution is 2.13. The molecule has 6 heteroatoms. The normalized spacial score (nSPS) is 16.4. The molecule has 0 aliphatic carbocycles. The maximum absolute atomic E-state index is 5.62. The third-order valence-corrected chi connectivity index (χ3v) is 3.27. The number of hydrogen-bond acceptors (Lipinski definition) is 5. The van der Waals surface area contributed by atoms with Crippen molar-refractivity contribution in [1.29, 1.82) is 0 Å². The topological polar surface area (TPSA) is 64.3 Å². The molecule has 0 unspecified atom stereocenters. The van der Waals surface area contributed by atoms with Crippen LogP contribution in [0.1, 0.15) is 24.8 Å². The molecule has 0 aromatic carbocycles. The van der Waals surface area contributed by atoms with E-state index in [1.165, 1.54) is 19.3 Å². The number of piperidine rings is 1. The van der Waals surface area contributed by atoms with E-state index in [4.69, 9.17) is 22.7 Å². The predicted molar refractivity (Wildman–Crippen MR) is 73.7 cm³/mol. The van der Waals surface area contributed by atoms with Crippen molar-refractivity contribution in [1.82, 2.24) is 15.1 Å². The van der Waals surface area contributed by atoms with Gasteiger partial charge in [0.2, 0.25) is 5.88 Å². The Hall–Kier alpha value is -1.27. The molecule has 1 aliphatic heterocycles. The molecule has 2 rings (SSSR count). The third-order valence-electron chi connectivity index (χ3n) is 3.05. The first-order valence-electron chi connectivity index (χ1n) is 6.24. The SMILES string of the molecule is NC(=S)c1ccnnc1OCCN1CCCCC1. The summed E-state index contributed by atoms with van der Waals surface area (Å²) < 4.78 is 5.62. The Morgan fingerprint density at radius 3 is 2.89 bits per heavy atom. The molecule has 2 N–H and O–H groups in total. The minimum absolute atomic E-state index is 0.290. The monoisotopic (exact) mass is 266 g/mol. The van der Waals surface area contributed by atoms with Crippen LogP contribution in [0.3, 0.4) is 0 Å². The van der Waals surface area contributed by atoms with Crippen molar-refractivity contribution >= 4 is 17.2 Å². The van der Waals surface area contributed by atoms with E-state index in [9.17, 15) is 0 Å².